The topological polar surface area (TPSA) is 22.8 Å². The number of rotatable bonds is 7. The van der Waals surface area contributed by atoms with Crippen molar-refractivity contribution < 1.29 is 0 Å². The second-order valence-electron chi connectivity index (χ2n) is 16.6. The molecule has 0 saturated carbocycles. The molecule has 1 aliphatic heterocycles. The molecule has 13 rings (SSSR count). The summed E-state index contributed by atoms with van der Waals surface area (Å²) in [6.45, 7) is 4.20. The molecule has 0 atom stereocenters. The van der Waals surface area contributed by atoms with Crippen LogP contribution < -0.4 is 16.4 Å². The van der Waals surface area contributed by atoms with Gasteiger partial charge in [0.15, 0.2) is 0 Å². The Hall–Kier alpha value is -7.86. The zero-order chi connectivity index (χ0) is 44.2. The number of benzene rings is 9. The van der Waals surface area contributed by atoms with Gasteiger partial charge < -0.3 is 4.57 Å². The van der Waals surface area contributed by atoms with E-state index in [9.17, 15) is 0 Å². The van der Waals surface area contributed by atoms with Crippen LogP contribution >= 0.6 is 10.0 Å². The van der Waals surface area contributed by atoms with Crippen LogP contribution in [-0.2, 0) is 0 Å². The van der Waals surface area contributed by atoms with E-state index in [1.807, 2.05) is 13.8 Å². The van der Waals surface area contributed by atoms with Gasteiger partial charge in [0.1, 0.15) is 5.82 Å². The minimum absolute atomic E-state index is 0.199. The summed E-state index contributed by atoms with van der Waals surface area (Å²) in [4.78, 5) is 9.60. The fourth-order valence-electron chi connectivity index (χ4n) is 10.7. The Morgan fingerprint density at radius 1 is 0.394 bits per heavy atom. The highest BCUT2D eigenvalue weighted by Crippen LogP contribution is 2.72. The highest BCUT2D eigenvalue weighted by Gasteiger charge is 2.36. The summed E-state index contributed by atoms with van der Waals surface area (Å²) in [7, 11) is -2.02. The largest absolute Gasteiger partial charge is 0.309 e. The first kappa shape index (κ1) is 39.7. The Morgan fingerprint density at radius 2 is 0.939 bits per heavy atom. The van der Waals surface area contributed by atoms with Crippen molar-refractivity contribution >= 4 is 76.7 Å². The lowest BCUT2D eigenvalue weighted by Crippen LogP contribution is -2.48. The summed E-state index contributed by atoms with van der Waals surface area (Å²) in [6.07, 6.45) is 0. The van der Waals surface area contributed by atoms with E-state index < -0.39 is 10.0 Å². The third-order valence-corrected chi connectivity index (χ3v) is 17.1. The molecule has 0 aliphatic carbocycles. The van der Waals surface area contributed by atoms with E-state index in [0.29, 0.717) is 0 Å². The number of para-hydroxylation sites is 2. The third-order valence-electron chi connectivity index (χ3n) is 13.3. The summed E-state index contributed by atoms with van der Waals surface area (Å²) in [5.74, 6) is 0.897. The second kappa shape index (κ2) is 16.3. The average Bonchev–Trinajstić information content (AvgIpc) is 4.04. The average molecular weight is 864 g/mol. The predicted octanol–water partition coefficient (Wildman–Crippen LogP) is 14.1. The van der Waals surface area contributed by atoms with E-state index in [4.69, 9.17) is 4.98 Å². The molecular formula is C61H46BN3S. The minimum atomic E-state index is -2.02. The molecule has 0 unspecified atom stereocenters. The molecule has 3 aromatic heterocycles. The molecular weight excluding hydrogens is 818 g/mol. The van der Waals surface area contributed by atoms with Gasteiger partial charge in [0.05, 0.1) is 27.1 Å². The van der Waals surface area contributed by atoms with Gasteiger partial charge in [0.25, 0.3) is 0 Å². The molecule has 0 N–H and O–H groups in total. The van der Waals surface area contributed by atoms with Crippen molar-refractivity contribution in [2.45, 2.75) is 33.6 Å². The van der Waals surface area contributed by atoms with Crippen LogP contribution in [0.25, 0.3) is 66.2 Å². The van der Waals surface area contributed by atoms with E-state index in [-0.39, 0.29) is 6.71 Å². The second-order valence-corrected chi connectivity index (χ2v) is 19.7. The van der Waals surface area contributed by atoms with Crippen LogP contribution in [-0.4, -0.2) is 20.8 Å². The molecule has 0 fully saturated rings. The summed E-state index contributed by atoms with van der Waals surface area (Å²) in [6, 6.07) is 89.0. The van der Waals surface area contributed by atoms with Gasteiger partial charge in [0, 0.05) is 41.9 Å². The molecule has 0 bridgehead atoms. The molecule has 3 nitrogen and oxygen atoms in total. The maximum absolute atomic E-state index is 5.85. The van der Waals surface area contributed by atoms with Crippen LogP contribution in [0.15, 0.2) is 262 Å². The van der Waals surface area contributed by atoms with E-state index in [2.05, 4.69) is 252 Å². The number of hydrogen-bond donors (Lipinski definition) is 0. The Balaban J connectivity index is 0.00000225. The molecule has 5 heteroatoms. The van der Waals surface area contributed by atoms with Gasteiger partial charge in [-0.05, 0) is 90.0 Å². The molecule has 12 aromatic rings. The predicted molar refractivity (Wildman–Crippen MR) is 281 cm³/mol. The van der Waals surface area contributed by atoms with Crippen LogP contribution in [0.2, 0.25) is 0 Å². The number of fused-ring (bicyclic) bond motifs is 10. The number of pyridine rings is 1. The minimum Gasteiger partial charge on any atom is -0.309 e. The number of hydrogen-bond acceptors (Lipinski definition) is 1. The smallest absolute Gasteiger partial charge is 0.242 e. The first-order valence-electron chi connectivity index (χ1n) is 23.0. The maximum Gasteiger partial charge on any atom is 0.242 e. The van der Waals surface area contributed by atoms with Gasteiger partial charge in [-0.1, -0.05) is 194 Å². The fraction of sp³-hybridized carbons (Fsp3) is 0.0328. The van der Waals surface area contributed by atoms with Crippen LogP contribution in [0, 0.1) is 0 Å². The van der Waals surface area contributed by atoms with E-state index >= 15 is 0 Å². The fourth-order valence-corrected chi connectivity index (χ4v) is 14.5. The molecule has 314 valence electrons. The summed E-state index contributed by atoms with van der Waals surface area (Å²) < 4.78 is 4.91. The van der Waals surface area contributed by atoms with Crippen LogP contribution in [0.4, 0.5) is 0 Å². The third kappa shape index (κ3) is 5.97. The van der Waals surface area contributed by atoms with Crippen molar-refractivity contribution in [1.29, 1.82) is 0 Å². The SMILES string of the molecule is CC.c1ccc(B2c3ccccc3-c3cc(-n4c5ccccc5c5c4ccc4c6ccccc6n(-c6cccc(S(c7ccccc7)(c7ccccc7)c7ccccc7)n6)c45)ccc32)cc1. The Kier molecular flexibility index (Phi) is 9.80. The lowest BCUT2D eigenvalue weighted by Gasteiger charge is -2.41. The van der Waals surface area contributed by atoms with Gasteiger partial charge in [-0.15, -0.1) is 10.0 Å². The van der Waals surface area contributed by atoms with Gasteiger partial charge in [0.2, 0.25) is 6.71 Å². The van der Waals surface area contributed by atoms with Gasteiger partial charge >= 0.3 is 0 Å². The van der Waals surface area contributed by atoms with E-state index in [1.54, 1.807) is 0 Å². The monoisotopic (exact) mass is 863 g/mol. The molecule has 4 heterocycles. The molecule has 0 saturated heterocycles. The van der Waals surface area contributed by atoms with Gasteiger partial charge in [-0.3, -0.25) is 4.57 Å². The Bertz CT molecular complexity index is 3630. The van der Waals surface area contributed by atoms with Crippen LogP contribution in [0.3, 0.4) is 0 Å². The van der Waals surface area contributed by atoms with Gasteiger partial charge in [-0.25, -0.2) is 4.98 Å². The zero-order valence-electron chi connectivity index (χ0n) is 36.9. The summed E-state index contributed by atoms with van der Waals surface area (Å²) in [5.41, 5.74) is 12.4. The first-order chi connectivity index (χ1) is 32.8. The molecule has 66 heavy (non-hydrogen) atoms. The first-order valence-corrected chi connectivity index (χ1v) is 24.6. The maximum atomic E-state index is 5.85. The lowest BCUT2D eigenvalue weighted by atomic mass is 9.39. The number of nitrogens with zero attached hydrogens (tertiary/aromatic N) is 3. The summed E-state index contributed by atoms with van der Waals surface area (Å²) >= 11 is 0. The molecule has 9 aromatic carbocycles. The van der Waals surface area contributed by atoms with Crippen molar-refractivity contribution in [2.75, 3.05) is 0 Å². The molecule has 0 amide bonds. The standard InChI is InChI=1S/C59H40BN3S.C2H6/c1-5-20-41(21-6-1)60-51-31-16-13-28-46(51)50-40-42(36-38-52(50)60)62-54-33-18-15-30-49(54)58-55(62)39-37-48-47-29-14-17-32-53(47)63(59(48)58)56-34-19-35-57(61-56)64(43-22-7-2-8-23-43,44-24-9-3-10-25-44)45-26-11-4-12-27-45;1-2/h1-40H;1-2H3. The zero-order valence-corrected chi connectivity index (χ0v) is 37.7. The van der Waals surface area contributed by atoms with Crippen molar-refractivity contribution in [3.05, 3.63) is 243 Å². The van der Waals surface area contributed by atoms with E-state index in [1.165, 1.54) is 69.3 Å². The highest BCUT2D eigenvalue weighted by molar-refractivity contribution is 8.33. The Labute approximate surface area is 387 Å². The van der Waals surface area contributed by atoms with Crippen LogP contribution in [0.1, 0.15) is 13.8 Å². The van der Waals surface area contributed by atoms with Crippen molar-refractivity contribution in [2.24, 2.45) is 0 Å². The highest BCUT2D eigenvalue weighted by atomic mass is 32.3. The normalized spacial score (nSPS) is 12.3. The van der Waals surface area contributed by atoms with E-state index in [0.717, 1.165) is 33.1 Å². The molecule has 1 aliphatic rings. The van der Waals surface area contributed by atoms with Crippen molar-refractivity contribution in [3.63, 3.8) is 0 Å². The number of aromatic nitrogens is 3. The lowest BCUT2D eigenvalue weighted by molar-refractivity contribution is 0.996. The molecule has 0 radical (unpaired) electrons. The van der Waals surface area contributed by atoms with Crippen molar-refractivity contribution in [1.82, 2.24) is 14.1 Å². The quantitative estimate of drug-likeness (QED) is 0.146. The molecule has 0 spiro atoms. The van der Waals surface area contributed by atoms with Crippen molar-refractivity contribution in [3.8, 4) is 22.6 Å². The van der Waals surface area contributed by atoms with Crippen LogP contribution in [0.5, 0.6) is 0 Å². The summed E-state index contributed by atoms with van der Waals surface area (Å²) in [5, 5.41) is 5.88. The Morgan fingerprint density at radius 3 is 1.61 bits per heavy atom. The van der Waals surface area contributed by atoms with Gasteiger partial charge in [-0.2, -0.15) is 0 Å².